The molecule has 0 bridgehead atoms. The third-order valence-corrected chi connectivity index (χ3v) is 12.6. The summed E-state index contributed by atoms with van der Waals surface area (Å²) >= 11 is 0. The molecule has 0 N–H and O–H groups in total. The van der Waals surface area contributed by atoms with Crippen LogP contribution in [0.4, 0.5) is 0 Å². The first-order chi connectivity index (χ1) is 27.5. The smallest absolute Gasteiger partial charge is 0.136 e. The fourth-order valence-electron chi connectivity index (χ4n) is 9.90. The third kappa shape index (κ3) is 4.43. The van der Waals surface area contributed by atoms with E-state index >= 15 is 0 Å². The number of rotatable bonds is 3. The molecule has 10 aromatic carbocycles. The normalized spacial score (nSPS) is 13.3. The van der Waals surface area contributed by atoms with E-state index in [-0.39, 0.29) is 5.41 Å². The number of benzene rings is 10. The fourth-order valence-corrected chi connectivity index (χ4v) is 9.90. The van der Waals surface area contributed by atoms with E-state index in [2.05, 4.69) is 196 Å². The average molecular weight is 713 g/mol. The molecule has 1 heterocycles. The van der Waals surface area contributed by atoms with Gasteiger partial charge in [0.1, 0.15) is 11.2 Å². The molecule has 1 aromatic heterocycles. The van der Waals surface area contributed by atoms with Crippen molar-refractivity contribution >= 4 is 65.0 Å². The van der Waals surface area contributed by atoms with E-state index in [0.29, 0.717) is 0 Å². The van der Waals surface area contributed by atoms with Crippen LogP contribution in [-0.4, -0.2) is 0 Å². The molecule has 262 valence electrons. The van der Waals surface area contributed by atoms with Crippen LogP contribution in [0, 0.1) is 0 Å². The molecule has 0 saturated heterocycles. The minimum Gasteiger partial charge on any atom is -0.456 e. The lowest BCUT2D eigenvalue weighted by atomic mass is 9.82. The Hall–Kier alpha value is -6.96. The molecule has 1 aliphatic rings. The molecule has 11 aromatic rings. The average Bonchev–Trinajstić information content (AvgIpc) is 3.71. The van der Waals surface area contributed by atoms with Crippen LogP contribution in [0.5, 0.6) is 0 Å². The van der Waals surface area contributed by atoms with Crippen molar-refractivity contribution in [2.24, 2.45) is 0 Å². The number of hydrogen-bond acceptors (Lipinski definition) is 1. The molecule has 1 heteroatoms. The summed E-state index contributed by atoms with van der Waals surface area (Å²) in [5.74, 6) is 0. The molecular weight excluding hydrogens is 677 g/mol. The zero-order valence-corrected chi connectivity index (χ0v) is 31.2. The Morgan fingerprint density at radius 2 is 0.875 bits per heavy atom. The van der Waals surface area contributed by atoms with Crippen LogP contribution in [0.3, 0.4) is 0 Å². The van der Waals surface area contributed by atoms with Crippen LogP contribution in [-0.2, 0) is 5.41 Å². The van der Waals surface area contributed by atoms with E-state index in [9.17, 15) is 0 Å². The molecule has 0 amide bonds. The van der Waals surface area contributed by atoms with E-state index < -0.39 is 0 Å². The summed E-state index contributed by atoms with van der Waals surface area (Å²) in [6, 6.07) is 67.1. The maximum Gasteiger partial charge on any atom is 0.136 e. The number of hydrogen-bond donors (Lipinski definition) is 0. The Balaban J connectivity index is 1.04. The highest BCUT2D eigenvalue weighted by Gasteiger charge is 2.37. The quantitative estimate of drug-likeness (QED) is 0.166. The van der Waals surface area contributed by atoms with E-state index in [4.69, 9.17) is 4.42 Å². The second kappa shape index (κ2) is 11.5. The monoisotopic (exact) mass is 712 g/mol. The van der Waals surface area contributed by atoms with E-state index in [1.807, 2.05) is 0 Å². The summed E-state index contributed by atoms with van der Waals surface area (Å²) in [4.78, 5) is 0. The van der Waals surface area contributed by atoms with Gasteiger partial charge in [0.05, 0.1) is 0 Å². The topological polar surface area (TPSA) is 13.1 Å². The van der Waals surface area contributed by atoms with Crippen LogP contribution in [0.15, 0.2) is 186 Å². The maximum absolute atomic E-state index is 6.82. The van der Waals surface area contributed by atoms with Crippen LogP contribution in [0.2, 0.25) is 0 Å². The first kappa shape index (κ1) is 31.4. The molecular formula is C55H36O. The van der Waals surface area contributed by atoms with Crippen molar-refractivity contribution in [3.8, 4) is 44.5 Å². The van der Waals surface area contributed by atoms with Gasteiger partial charge in [-0.2, -0.15) is 0 Å². The highest BCUT2D eigenvalue weighted by atomic mass is 16.3. The molecule has 0 aliphatic heterocycles. The third-order valence-electron chi connectivity index (χ3n) is 12.6. The predicted octanol–water partition coefficient (Wildman–Crippen LogP) is 15.5. The van der Waals surface area contributed by atoms with Gasteiger partial charge in [-0.25, -0.2) is 0 Å². The number of furan rings is 1. The van der Waals surface area contributed by atoms with Gasteiger partial charge in [-0.05, 0) is 135 Å². The van der Waals surface area contributed by atoms with Gasteiger partial charge in [-0.1, -0.05) is 159 Å². The van der Waals surface area contributed by atoms with E-state index in [1.54, 1.807) is 0 Å². The Bertz CT molecular complexity index is 3390. The van der Waals surface area contributed by atoms with Gasteiger partial charge in [-0.3, -0.25) is 0 Å². The van der Waals surface area contributed by atoms with Gasteiger partial charge >= 0.3 is 0 Å². The van der Waals surface area contributed by atoms with Gasteiger partial charge < -0.3 is 4.42 Å². The van der Waals surface area contributed by atoms with Gasteiger partial charge in [0.2, 0.25) is 0 Å². The minimum absolute atomic E-state index is 0.123. The molecule has 0 unspecified atom stereocenters. The summed E-state index contributed by atoms with van der Waals surface area (Å²) in [6.45, 7) is 4.69. The summed E-state index contributed by atoms with van der Waals surface area (Å²) in [5, 5.41) is 12.4. The predicted molar refractivity (Wildman–Crippen MR) is 238 cm³/mol. The fraction of sp³-hybridized carbons (Fsp3) is 0.0545. The van der Waals surface area contributed by atoms with Crippen LogP contribution < -0.4 is 0 Å². The first-order valence-corrected chi connectivity index (χ1v) is 19.6. The summed E-state index contributed by atoms with van der Waals surface area (Å²) in [5.41, 5.74) is 14.4. The van der Waals surface area contributed by atoms with Crippen LogP contribution in [0.1, 0.15) is 25.0 Å². The number of fused-ring (bicyclic) bond motifs is 11. The van der Waals surface area contributed by atoms with E-state index in [0.717, 1.165) is 22.1 Å². The molecule has 12 rings (SSSR count). The summed E-state index contributed by atoms with van der Waals surface area (Å²) in [7, 11) is 0. The van der Waals surface area contributed by atoms with Crippen molar-refractivity contribution in [2.45, 2.75) is 19.3 Å². The molecule has 0 saturated carbocycles. The zero-order chi connectivity index (χ0) is 37.1. The summed E-state index contributed by atoms with van der Waals surface area (Å²) < 4.78 is 6.82. The SMILES string of the molecule is CC1(C)c2cc3oc4cc(-c5c6ccccc6c(-c6cccc(-c7ccc8ccccc8c7)c6)c6ccccc56)ccc4c3cc2-c2c1ccc1ccccc21. The minimum atomic E-state index is -0.123. The van der Waals surface area contributed by atoms with Gasteiger partial charge in [0.25, 0.3) is 0 Å². The second-order valence-electron chi connectivity index (χ2n) is 16.0. The second-order valence-corrected chi connectivity index (χ2v) is 16.0. The van der Waals surface area contributed by atoms with Crippen molar-refractivity contribution in [3.63, 3.8) is 0 Å². The molecule has 0 radical (unpaired) electrons. The van der Waals surface area contributed by atoms with Crippen molar-refractivity contribution in [1.82, 2.24) is 0 Å². The lowest BCUT2D eigenvalue weighted by Gasteiger charge is -2.21. The lowest BCUT2D eigenvalue weighted by molar-refractivity contribution is 0.647. The highest BCUT2D eigenvalue weighted by molar-refractivity contribution is 6.22. The Labute approximate surface area is 325 Å². The molecule has 0 fully saturated rings. The molecule has 56 heavy (non-hydrogen) atoms. The van der Waals surface area contributed by atoms with E-state index in [1.165, 1.54) is 98.5 Å². The molecule has 1 nitrogen and oxygen atoms in total. The van der Waals surface area contributed by atoms with Gasteiger partial charge in [0, 0.05) is 16.2 Å². The molecule has 1 aliphatic carbocycles. The Morgan fingerprint density at radius 1 is 0.321 bits per heavy atom. The van der Waals surface area contributed by atoms with Gasteiger partial charge in [0.15, 0.2) is 0 Å². The highest BCUT2D eigenvalue weighted by Crippen LogP contribution is 2.53. The van der Waals surface area contributed by atoms with Crippen LogP contribution in [0.25, 0.3) is 110 Å². The largest absolute Gasteiger partial charge is 0.456 e. The zero-order valence-electron chi connectivity index (χ0n) is 31.2. The Morgan fingerprint density at radius 3 is 1.61 bits per heavy atom. The maximum atomic E-state index is 6.82. The summed E-state index contributed by atoms with van der Waals surface area (Å²) in [6.07, 6.45) is 0. The lowest BCUT2D eigenvalue weighted by Crippen LogP contribution is -2.14. The molecule has 0 spiro atoms. The van der Waals surface area contributed by atoms with Crippen molar-refractivity contribution in [3.05, 3.63) is 193 Å². The standard InChI is InChI=1S/C55H36O/c1-55(2)48-27-25-34-13-5-6-17-40(34)54(48)47-31-46-41-26-24-39(30-50(41)56-51(46)32-49(47)55)53-44-20-9-7-18-42(44)52(43-19-8-10-21-45(43)53)38-16-11-15-36(29-38)37-23-22-33-12-3-4-14-35(33)28-37/h3-32H,1-2H3. The van der Waals surface area contributed by atoms with Crippen molar-refractivity contribution in [1.29, 1.82) is 0 Å². The Kier molecular flexibility index (Phi) is 6.46. The van der Waals surface area contributed by atoms with Gasteiger partial charge in [-0.15, -0.1) is 0 Å². The van der Waals surface area contributed by atoms with Crippen molar-refractivity contribution in [2.75, 3.05) is 0 Å². The first-order valence-electron chi connectivity index (χ1n) is 19.6. The van der Waals surface area contributed by atoms with Crippen LogP contribution >= 0.6 is 0 Å². The molecule has 0 atom stereocenters. The van der Waals surface area contributed by atoms with Crippen molar-refractivity contribution < 1.29 is 4.42 Å².